The molecule has 7 heteroatoms. The second kappa shape index (κ2) is 6.21. The first-order chi connectivity index (χ1) is 9.58. The lowest BCUT2D eigenvalue weighted by molar-refractivity contribution is -0.385. The lowest BCUT2D eigenvalue weighted by Crippen LogP contribution is -2.34. The van der Waals surface area contributed by atoms with Crippen LogP contribution in [0.2, 0.25) is 0 Å². The van der Waals surface area contributed by atoms with Crippen LogP contribution in [-0.4, -0.2) is 40.8 Å². The molecule has 6 nitrogen and oxygen atoms in total. The summed E-state index contributed by atoms with van der Waals surface area (Å²) in [6.45, 7) is 0.601. The molecule has 0 atom stereocenters. The molecule has 0 radical (unpaired) electrons. The topological polar surface area (TPSA) is 72.7 Å². The molecule has 0 heterocycles. The summed E-state index contributed by atoms with van der Waals surface area (Å²) in [7, 11) is 1.37. The summed E-state index contributed by atoms with van der Waals surface area (Å²) >= 11 is 3.33. The standard InChI is InChI=1S/C13H15BrN2O4/c1-20-12-5-2-9(8-11(12)16(18)19)13(17)15(7-6-14)10-3-4-10/h2,5,8,10H,3-4,6-7H2,1H3. The van der Waals surface area contributed by atoms with Gasteiger partial charge in [-0.1, -0.05) is 15.9 Å². The fraction of sp³-hybridized carbons (Fsp3) is 0.462. The molecule has 0 unspecified atom stereocenters. The number of nitrogens with zero attached hydrogens (tertiary/aromatic N) is 2. The summed E-state index contributed by atoms with van der Waals surface area (Å²) in [5.41, 5.74) is 0.137. The second-order valence-electron chi connectivity index (χ2n) is 4.56. The number of benzene rings is 1. The molecule has 2 rings (SSSR count). The zero-order chi connectivity index (χ0) is 14.7. The molecule has 1 fully saturated rings. The quantitative estimate of drug-likeness (QED) is 0.452. The van der Waals surface area contributed by atoms with Gasteiger partial charge in [0.15, 0.2) is 5.75 Å². The minimum Gasteiger partial charge on any atom is -0.490 e. The van der Waals surface area contributed by atoms with Crippen molar-refractivity contribution in [3.05, 3.63) is 33.9 Å². The number of ether oxygens (including phenoxy) is 1. The lowest BCUT2D eigenvalue weighted by atomic mass is 10.1. The summed E-state index contributed by atoms with van der Waals surface area (Å²) in [4.78, 5) is 24.6. The minimum absolute atomic E-state index is 0.157. The molecule has 108 valence electrons. The highest BCUT2D eigenvalue weighted by Crippen LogP contribution is 2.31. The van der Waals surface area contributed by atoms with Gasteiger partial charge in [0.05, 0.1) is 12.0 Å². The van der Waals surface area contributed by atoms with Crippen molar-refractivity contribution in [2.75, 3.05) is 19.0 Å². The van der Waals surface area contributed by atoms with E-state index in [1.807, 2.05) is 0 Å². The van der Waals surface area contributed by atoms with Crippen molar-refractivity contribution in [3.63, 3.8) is 0 Å². The summed E-state index contributed by atoms with van der Waals surface area (Å²) in [5, 5.41) is 11.7. The van der Waals surface area contributed by atoms with Gasteiger partial charge in [0.25, 0.3) is 5.91 Å². The van der Waals surface area contributed by atoms with Gasteiger partial charge in [-0.3, -0.25) is 14.9 Å². The van der Waals surface area contributed by atoms with Crippen molar-refractivity contribution in [2.24, 2.45) is 0 Å². The molecule has 1 aromatic carbocycles. The highest BCUT2D eigenvalue weighted by Gasteiger charge is 2.33. The van der Waals surface area contributed by atoms with Gasteiger partial charge in [0, 0.05) is 29.5 Å². The zero-order valence-electron chi connectivity index (χ0n) is 11.0. The van der Waals surface area contributed by atoms with Crippen molar-refractivity contribution < 1.29 is 14.5 Å². The third-order valence-electron chi connectivity index (χ3n) is 3.20. The number of alkyl halides is 1. The van der Waals surface area contributed by atoms with E-state index < -0.39 is 4.92 Å². The van der Waals surface area contributed by atoms with Gasteiger partial charge in [-0.2, -0.15) is 0 Å². The molecule has 0 aliphatic heterocycles. The second-order valence-corrected chi connectivity index (χ2v) is 5.36. The van der Waals surface area contributed by atoms with Crippen molar-refractivity contribution in [3.8, 4) is 5.75 Å². The molecule has 0 bridgehead atoms. The monoisotopic (exact) mass is 342 g/mol. The van der Waals surface area contributed by atoms with Gasteiger partial charge in [-0.05, 0) is 25.0 Å². The van der Waals surface area contributed by atoms with Crippen LogP contribution in [0.3, 0.4) is 0 Å². The van der Waals surface area contributed by atoms with Gasteiger partial charge < -0.3 is 9.64 Å². The maximum absolute atomic E-state index is 12.4. The Balaban J connectivity index is 2.29. The number of methoxy groups -OCH3 is 1. The normalized spacial score (nSPS) is 13.9. The Hall–Kier alpha value is -1.63. The molecule has 1 aromatic rings. The van der Waals surface area contributed by atoms with E-state index >= 15 is 0 Å². The van der Waals surface area contributed by atoms with Gasteiger partial charge in [0.2, 0.25) is 0 Å². The molecule has 0 spiro atoms. The Morgan fingerprint density at radius 3 is 2.75 bits per heavy atom. The molecule has 1 aliphatic rings. The fourth-order valence-corrected chi connectivity index (χ4v) is 2.44. The molecule has 1 amide bonds. The molecule has 1 saturated carbocycles. The number of nitro groups is 1. The first kappa shape index (κ1) is 14.8. The maximum Gasteiger partial charge on any atom is 0.311 e. The maximum atomic E-state index is 12.4. The number of hydrogen-bond donors (Lipinski definition) is 0. The summed E-state index contributed by atoms with van der Waals surface area (Å²) in [5.74, 6) is -0.0114. The number of rotatable bonds is 6. The van der Waals surface area contributed by atoms with Crippen molar-refractivity contribution in [2.45, 2.75) is 18.9 Å². The average molecular weight is 343 g/mol. The van der Waals surface area contributed by atoms with E-state index in [0.717, 1.165) is 12.8 Å². The average Bonchev–Trinajstić information content (AvgIpc) is 3.27. The molecule has 20 heavy (non-hydrogen) atoms. The third kappa shape index (κ3) is 3.09. The molecule has 1 aliphatic carbocycles. The smallest absolute Gasteiger partial charge is 0.311 e. The van der Waals surface area contributed by atoms with E-state index in [1.54, 1.807) is 11.0 Å². The predicted octanol–water partition coefficient (Wildman–Crippen LogP) is 2.60. The Morgan fingerprint density at radius 1 is 1.55 bits per heavy atom. The van der Waals surface area contributed by atoms with E-state index in [9.17, 15) is 14.9 Å². The first-order valence-electron chi connectivity index (χ1n) is 6.28. The minimum atomic E-state index is -0.540. The Bertz CT molecular complexity index is 531. The molecule has 0 aromatic heterocycles. The first-order valence-corrected chi connectivity index (χ1v) is 7.40. The zero-order valence-corrected chi connectivity index (χ0v) is 12.6. The van der Waals surface area contributed by atoms with Gasteiger partial charge in [-0.25, -0.2) is 0 Å². The Morgan fingerprint density at radius 2 is 2.25 bits per heavy atom. The van der Waals surface area contributed by atoms with Crippen LogP contribution < -0.4 is 4.74 Å². The Labute approximate surface area is 125 Å². The van der Waals surface area contributed by atoms with Crippen LogP contribution in [0.25, 0.3) is 0 Å². The lowest BCUT2D eigenvalue weighted by Gasteiger charge is -2.21. The number of nitro benzene ring substituents is 1. The van der Waals surface area contributed by atoms with Gasteiger partial charge in [-0.15, -0.1) is 0 Å². The third-order valence-corrected chi connectivity index (χ3v) is 3.55. The fourth-order valence-electron chi connectivity index (χ4n) is 2.06. The largest absolute Gasteiger partial charge is 0.490 e. The molecular formula is C13H15BrN2O4. The summed E-state index contributed by atoms with van der Waals surface area (Å²) < 4.78 is 4.94. The highest BCUT2D eigenvalue weighted by molar-refractivity contribution is 9.09. The van der Waals surface area contributed by atoms with Gasteiger partial charge in [0.1, 0.15) is 0 Å². The van der Waals surface area contributed by atoms with E-state index in [2.05, 4.69) is 15.9 Å². The summed E-state index contributed by atoms with van der Waals surface area (Å²) in [6, 6.07) is 4.58. The molecule has 0 N–H and O–H groups in total. The van der Waals surface area contributed by atoms with Crippen LogP contribution in [-0.2, 0) is 0 Å². The predicted molar refractivity (Wildman–Crippen MR) is 77.5 cm³/mol. The Kier molecular flexibility index (Phi) is 4.59. The van der Waals surface area contributed by atoms with Crippen LogP contribution in [0.1, 0.15) is 23.2 Å². The van der Waals surface area contributed by atoms with Crippen LogP contribution in [0.5, 0.6) is 5.75 Å². The van der Waals surface area contributed by atoms with E-state index in [1.165, 1.54) is 19.2 Å². The van der Waals surface area contributed by atoms with E-state index in [4.69, 9.17) is 4.74 Å². The SMILES string of the molecule is COc1ccc(C(=O)N(CCBr)C2CC2)cc1[N+](=O)[O-]. The number of amides is 1. The number of hydrogen-bond acceptors (Lipinski definition) is 4. The van der Waals surface area contributed by atoms with Gasteiger partial charge >= 0.3 is 5.69 Å². The van der Waals surface area contributed by atoms with E-state index in [-0.39, 0.29) is 23.4 Å². The van der Waals surface area contributed by atoms with E-state index in [0.29, 0.717) is 17.4 Å². The van der Waals surface area contributed by atoms with Crippen molar-refractivity contribution in [1.29, 1.82) is 0 Å². The number of halogens is 1. The van der Waals surface area contributed by atoms with Crippen LogP contribution in [0.15, 0.2) is 18.2 Å². The summed E-state index contributed by atoms with van der Waals surface area (Å²) in [6.07, 6.45) is 1.99. The van der Waals surface area contributed by atoms with Crippen LogP contribution >= 0.6 is 15.9 Å². The molecular weight excluding hydrogens is 328 g/mol. The number of carbonyl (C=O) groups excluding carboxylic acids is 1. The van der Waals surface area contributed by atoms with Crippen molar-refractivity contribution in [1.82, 2.24) is 4.90 Å². The van der Waals surface area contributed by atoms with Crippen LogP contribution in [0.4, 0.5) is 5.69 Å². The highest BCUT2D eigenvalue weighted by atomic mass is 79.9. The number of carbonyl (C=O) groups is 1. The van der Waals surface area contributed by atoms with Crippen molar-refractivity contribution >= 4 is 27.5 Å². The van der Waals surface area contributed by atoms with Crippen LogP contribution in [0, 0.1) is 10.1 Å². The molecule has 0 saturated heterocycles.